The molecule has 1 unspecified atom stereocenters. The smallest absolute Gasteiger partial charge is 0.310 e. The second kappa shape index (κ2) is 6.23. The molecule has 0 amide bonds. The number of rotatable bonds is 5. The summed E-state index contributed by atoms with van der Waals surface area (Å²) in [7, 11) is 0. The summed E-state index contributed by atoms with van der Waals surface area (Å²) in [5.41, 5.74) is 1.54. The second-order valence-corrected chi connectivity index (χ2v) is 5.62. The Morgan fingerprint density at radius 3 is 2.48 bits per heavy atom. The fourth-order valence-electron chi connectivity index (χ4n) is 2.26. The molecule has 116 valence electrons. The molecule has 4 nitrogen and oxygen atoms in total. The summed E-state index contributed by atoms with van der Waals surface area (Å²) in [6, 6.07) is 2.95. The number of aromatic amines is 2. The lowest BCUT2D eigenvalue weighted by molar-refractivity contribution is -0.136. The van der Waals surface area contributed by atoms with Gasteiger partial charge in [0.1, 0.15) is 0 Å². The molecule has 2 rings (SSSR count). The van der Waals surface area contributed by atoms with Crippen molar-refractivity contribution in [2.45, 2.75) is 32.0 Å². The van der Waals surface area contributed by atoms with E-state index < -0.39 is 18.6 Å². The van der Waals surface area contributed by atoms with Crippen molar-refractivity contribution in [1.29, 1.82) is 0 Å². The van der Waals surface area contributed by atoms with Gasteiger partial charge in [-0.05, 0) is 30.7 Å². The summed E-state index contributed by atoms with van der Waals surface area (Å²) in [5.74, 6) is 0. The number of benzene rings is 1. The number of halogens is 4. The van der Waals surface area contributed by atoms with Gasteiger partial charge in [-0.2, -0.15) is 13.2 Å². The van der Waals surface area contributed by atoms with Crippen LogP contribution in [0.1, 0.15) is 31.4 Å². The Balaban J connectivity index is 2.34. The van der Waals surface area contributed by atoms with Crippen LogP contribution in [0.25, 0.3) is 11.0 Å². The molecule has 0 aliphatic heterocycles. The number of imidazole rings is 1. The lowest BCUT2D eigenvalue weighted by atomic mass is 10.0. The average molecular weight is 366 g/mol. The van der Waals surface area contributed by atoms with Gasteiger partial charge in [-0.25, -0.2) is 4.79 Å². The summed E-state index contributed by atoms with van der Waals surface area (Å²) in [6.45, 7) is 2.39. The highest BCUT2D eigenvalue weighted by Gasteiger charge is 2.29. The minimum absolute atomic E-state index is 0.0594. The van der Waals surface area contributed by atoms with Gasteiger partial charge in [0.2, 0.25) is 0 Å². The number of alkyl halides is 3. The first-order valence-electron chi connectivity index (χ1n) is 6.51. The maximum atomic E-state index is 12.4. The maximum Gasteiger partial charge on any atom is 0.389 e. The molecular weight excluding hydrogens is 351 g/mol. The summed E-state index contributed by atoms with van der Waals surface area (Å²) in [6.07, 6.45) is -5.11. The molecule has 8 heteroatoms. The van der Waals surface area contributed by atoms with Crippen molar-refractivity contribution in [1.82, 2.24) is 15.3 Å². The highest BCUT2D eigenvalue weighted by Crippen LogP contribution is 2.32. The topological polar surface area (TPSA) is 60.7 Å². The van der Waals surface area contributed by atoms with Gasteiger partial charge in [0.15, 0.2) is 0 Å². The van der Waals surface area contributed by atoms with E-state index in [0.29, 0.717) is 27.6 Å². The van der Waals surface area contributed by atoms with Gasteiger partial charge in [-0.3, -0.25) is 0 Å². The van der Waals surface area contributed by atoms with E-state index in [1.165, 1.54) is 0 Å². The summed E-state index contributed by atoms with van der Waals surface area (Å²) >= 11 is 3.36. The van der Waals surface area contributed by atoms with E-state index in [4.69, 9.17) is 0 Å². The third-order valence-electron chi connectivity index (χ3n) is 3.18. The van der Waals surface area contributed by atoms with Crippen LogP contribution in [0.5, 0.6) is 0 Å². The first-order chi connectivity index (χ1) is 9.80. The maximum absolute atomic E-state index is 12.4. The van der Waals surface area contributed by atoms with E-state index in [9.17, 15) is 18.0 Å². The van der Waals surface area contributed by atoms with Gasteiger partial charge < -0.3 is 15.3 Å². The van der Waals surface area contributed by atoms with Crippen LogP contribution in [0.4, 0.5) is 13.2 Å². The van der Waals surface area contributed by atoms with Gasteiger partial charge in [0.25, 0.3) is 0 Å². The lowest BCUT2D eigenvalue weighted by Crippen LogP contribution is -2.23. The third-order valence-corrected chi connectivity index (χ3v) is 3.86. The van der Waals surface area contributed by atoms with Crippen molar-refractivity contribution >= 4 is 27.0 Å². The molecule has 3 N–H and O–H groups in total. The molecule has 0 fully saturated rings. The zero-order valence-corrected chi connectivity index (χ0v) is 12.9. The molecule has 0 spiro atoms. The van der Waals surface area contributed by atoms with Crippen LogP contribution in [-0.2, 0) is 0 Å². The van der Waals surface area contributed by atoms with Crippen LogP contribution in [0.2, 0.25) is 0 Å². The average Bonchev–Trinajstić information content (AvgIpc) is 2.71. The van der Waals surface area contributed by atoms with E-state index in [-0.39, 0.29) is 12.1 Å². The number of hydrogen-bond donors (Lipinski definition) is 3. The number of aromatic nitrogens is 2. The molecular formula is C13H15BrF3N3O. The fraction of sp³-hybridized carbons (Fsp3) is 0.462. The van der Waals surface area contributed by atoms with Crippen molar-refractivity contribution in [3.05, 3.63) is 32.7 Å². The minimum atomic E-state index is -4.19. The number of fused-ring (bicyclic) bond motifs is 1. The van der Waals surface area contributed by atoms with Crippen molar-refractivity contribution in [3.63, 3.8) is 0 Å². The summed E-state index contributed by atoms with van der Waals surface area (Å²) < 4.78 is 38.0. The molecule has 1 atom stereocenters. The number of H-pyrrole nitrogens is 2. The molecule has 0 bridgehead atoms. The van der Waals surface area contributed by atoms with Crippen molar-refractivity contribution in [2.24, 2.45) is 0 Å². The Bertz CT molecular complexity index is 677. The Labute approximate surface area is 127 Å². The molecule has 1 aromatic heterocycles. The largest absolute Gasteiger partial charge is 0.389 e. The normalized spacial score (nSPS) is 13.8. The van der Waals surface area contributed by atoms with E-state index in [1.54, 1.807) is 12.1 Å². The zero-order chi connectivity index (χ0) is 15.6. The molecule has 0 aliphatic rings. The Morgan fingerprint density at radius 1 is 1.29 bits per heavy atom. The first-order valence-corrected chi connectivity index (χ1v) is 7.31. The Morgan fingerprint density at radius 2 is 1.90 bits per heavy atom. The fourth-order valence-corrected chi connectivity index (χ4v) is 2.88. The van der Waals surface area contributed by atoms with Crippen LogP contribution in [0, 0.1) is 0 Å². The van der Waals surface area contributed by atoms with Crippen LogP contribution in [0.15, 0.2) is 21.4 Å². The second-order valence-electron chi connectivity index (χ2n) is 4.76. The zero-order valence-electron chi connectivity index (χ0n) is 11.3. The van der Waals surface area contributed by atoms with Crippen LogP contribution >= 0.6 is 15.9 Å². The molecule has 2 aromatic rings. The van der Waals surface area contributed by atoms with Crippen molar-refractivity contribution in [2.75, 3.05) is 6.54 Å². The highest BCUT2D eigenvalue weighted by atomic mass is 79.9. The number of hydrogen-bond acceptors (Lipinski definition) is 2. The first kappa shape index (κ1) is 16.1. The third kappa shape index (κ3) is 4.10. The van der Waals surface area contributed by atoms with Gasteiger partial charge in [0.05, 0.1) is 11.0 Å². The standard InChI is InChI=1S/C13H15BrF3N3O/c1-2-18-9(3-4-13(15,16)17)7-5-10-11(6-8(7)14)20-12(21)19-10/h5-6,9,18H,2-4H2,1H3,(H2,19,20,21). The van der Waals surface area contributed by atoms with Gasteiger partial charge >= 0.3 is 11.9 Å². The number of nitrogens with one attached hydrogen (secondary N) is 3. The predicted molar refractivity (Wildman–Crippen MR) is 78.3 cm³/mol. The minimum Gasteiger partial charge on any atom is -0.310 e. The van der Waals surface area contributed by atoms with Crippen molar-refractivity contribution in [3.8, 4) is 0 Å². The van der Waals surface area contributed by atoms with Crippen LogP contribution < -0.4 is 11.0 Å². The molecule has 0 saturated heterocycles. The van der Waals surface area contributed by atoms with Crippen LogP contribution in [-0.4, -0.2) is 22.7 Å². The highest BCUT2D eigenvalue weighted by molar-refractivity contribution is 9.10. The Kier molecular flexibility index (Phi) is 4.77. The van der Waals surface area contributed by atoms with E-state index in [0.717, 1.165) is 0 Å². The van der Waals surface area contributed by atoms with Gasteiger partial charge in [0, 0.05) is 16.9 Å². The molecule has 0 radical (unpaired) electrons. The SMILES string of the molecule is CCNC(CCC(F)(F)F)c1cc2[nH]c(=O)[nH]c2cc1Br. The van der Waals surface area contributed by atoms with Crippen molar-refractivity contribution < 1.29 is 13.2 Å². The van der Waals surface area contributed by atoms with Crippen LogP contribution in [0.3, 0.4) is 0 Å². The lowest BCUT2D eigenvalue weighted by Gasteiger charge is -2.20. The summed E-state index contributed by atoms with van der Waals surface area (Å²) in [5, 5.41) is 3.05. The van der Waals surface area contributed by atoms with E-state index in [2.05, 4.69) is 31.2 Å². The quantitative estimate of drug-likeness (QED) is 0.757. The molecule has 1 heterocycles. The summed E-state index contributed by atoms with van der Waals surface area (Å²) in [4.78, 5) is 16.5. The van der Waals surface area contributed by atoms with E-state index >= 15 is 0 Å². The van der Waals surface area contributed by atoms with Gasteiger partial charge in [-0.15, -0.1) is 0 Å². The predicted octanol–water partition coefficient (Wildman–Crippen LogP) is 3.61. The molecule has 1 aromatic carbocycles. The Hall–Kier alpha value is -1.28. The molecule has 0 aliphatic carbocycles. The monoisotopic (exact) mass is 365 g/mol. The van der Waals surface area contributed by atoms with Gasteiger partial charge in [-0.1, -0.05) is 22.9 Å². The molecule has 21 heavy (non-hydrogen) atoms. The van der Waals surface area contributed by atoms with E-state index in [1.807, 2.05) is 6.92 Å². The molecule has 0 saturated carbocycles.